The van der Waals surface area contributed by atoms with Crippen molar-refractivity contribution in [3.8, 4) is 0 Å². The summed E-state index contributed by atoms with van der Waals surface area (Å²) < 4.78 is 13.1. The van der Waals surface area contributed by atoms with Crippen LogP contribution in [0.3, 0.4) is 0 Å². The number of nitrogen functional groups attached to an aromatic ring is 1. The fourth-order valence-electron chi connectivity index (χ4n) is 2.33. The lowest BCUT2D eigenvalue weighted by molar-refractivity contribution is -0.129. The Morgan fingerprint density at radius 3 is 2.60 bits per heavy atom. The maximum absolute atomic E-state index is 13.1. The predicted molar refractivity (Wildman–Crippen MR) is 73.6 cm³/mol. The van der Waals surface area contributed by atoms with Crippen molar-refractivity contribution in [1.29, 1.82) is 0 Å². The van der Waals surface area contributed by atoms with Crippen molar-refractivity contribution < 1.29 is 14.0 Å². The van der Waals surface area contributed by atoms with Crippen molar-refractivity contribution in [2.75, 3.05) is 18.8 Å². The summed E-state index contributed by atoms with van der Waals surface area (Å²) >= 11 is 0. The molecule has 1 aromatic carbocycles. The Kier molecular flexibility index (Phi) is 4.22. The minimum absolute atomic E-state index is 0.0132. The van der Waals surface area contributed by atoms with E-state index >= 15 is 0 Å². The molecule has 0 atom stereocenters. The van der Waals surface area contributed by atoms with Crippen LogP contribution < -0.4 is 11.1 Å². The quantitative estimate of drug-likeness (QED) is 0.797. The minimum atomic E-state index is -0.490. The highest BCUT2D eigenvalue weighted by Gasteiger charge is 2.23. The highest BCUT2D eigenvalue weighted by atomic mass is 19.1. The van der Waals surface area contributed by atoms with Gasteiger partial charge in [0.05, 0.1) is 5.56 Å². The van der Waals surface area contributed by atoms with E-state index in [2.05, 4.69) is 5.32 Å². The van der Waals surface area contributed by atoms with Crippen molar-refractivity contribution in [3.05, 3.63) is 29.6 Å². The lowest BCUT2D eigenvalue weighted by atomic mass is 10.0. The molecule has 1 saturated heterocycles. The van der Waals surface area contributed by atoms with Gasteiger partial charge < -0.3 is 16.0 Å². The highest BCUT2D eigenvalue weighted by molar-refractivity contribution is 5.99. The summed E-state index contributed by atoms with van der Waals surface area (Å²) in [7, 11) is 0. The monoisotopic (exact) mass is 279 g/mol. The van der Waals surface area contributed by atoms with E-state index in [-0.39, 0.29) is 29.1 Å². The first-order valence-electron chi connectivity index (χ1n) is 6.59. The van der Waals surface area contributed by atoms with Crippen LogP contribution >= 0.6 is 0 Å². The molecule has 3 N–H and O–H groups in total. The molecule has 0 bridgehead atoms. The molecule has 2 amide bonds. The third-order valence-electron chi connectivity index (χ3n) is 3.54. The maximum Gasteiger partial charge on any atom is 0.253 e. The van der Waals surface area contributed by atoms with Gasteiger partial charge in [0.1, 0.15) is 5.82 Å². The van der Waals surface area contributed by atoms with Gasteiger partial charge in [-0.15, -0.1) is 0 Å². The fourth-order valence-corrected chi connectivity index (χ4v) is 2.33. The summed E-state index contributed by atoms with van der Waals surface area (Å²) in [5.41, 5.74) is 6.08. The summed E-state index contributed by atoms with van der Waals surface area (Å²) in [5.74, 6) is -0.817. The summed E-state index contributed by atoms with van der Waals surface area (Å²) in [6.45, 7) is 2.78. The van der Waals surface area contributed by atoms with Crippen LogP contribution in [0.4, 0.5) is 10.1 Å². The van der Waals surface area contributed by atoms with Crippen LogP contribution in [0.15, 0.2) is 18.2 Å². The molecule has 0 aromatic heterocycles. The molecule has 20 heavy (non-hydrogen) atoms. The summed E-state index contributed by atoms with van der Waals surface area (Å²) in [5, 5.41) is 2.84. The van der Waals surface area contributed by atoms with Crippen LogP contribution in [0.25, 0.3) is 0 Å². The molecule has 1 heterocycles. The number of amides is 2. The first kappa shape index (κ1) is 14.3. The molecule has 1 fully saturated rings. The van der Waals surface area contributed by atoms with Crippen molar-refractivity contribution in [3.63, 3.8) is 0 Å². The number of nitrogens with zero attached hydrogens (tertiary/aromatic N) is 1. The van der Waals surface area contributed by atoms with Gasteiger partial charge in [0.25, 0.3) is 5.91 Å². The molecule has 6 heteroatoms. The standard InChI is InChI=1S/C14H18FN3O2/c1-9(19)18-6-4-11(5-7-18)17-14(20)12-8-10(15)2-3-13(12)16/h2-3,8,11H,4-7,16H2,1H3,(H,17,20). The largest absolute Gasteiger partial charge is 0.398 e. The molecular weight excluding hydrogens is 261 g/mol. The molecule has 0 spiro atoms. The molecule has 0 aliphatic carbocycles. The molecule has 2 rings (SSSR count). The zero-order valence-corrected chi connectivity index (χ0v) is 11.4. The van der Waals surface area contributed by atoms with Gasteiger partial charge in [-0.05, 0) is 31.0 Å². The lowest BCUT2D eigenvalue weighted by Gasteiger charge is -2.31. The average molecular weight is 279 g/mol. The van der Waals surface area contributed by atoms with Gasteiger partial charge >= 0.3 is 0 Å². The second kappa shape index (κ2) is 5.90. The average Bonchev–Trinajstić information content (AvgIpc) is 2.42. The van der Waals surface area contributed by atoms with Crippen LogP contribution in [0.2, 0.25) is 0 Å². The van der Waals surface area contributed by atoms with Crippen LogP contribution in [-0.2, 0) is 4.79 Å². The van der Waals surface area contributed by atoms with Gasteiger partial charge in [0, 0.05) is 31.7 Å². The number of nitrogens with two attached hydrogens (primary N) is 1. The molecule has 0 unspecified atom stereocenters. The topological polar surface area (TPSA) is 75.4 Å². The maximum atomic E-state index is 13.1. The first-order chi connectivity index (χ1) is 9.47. The van der Waals surface area contributed by atoms with Gasteiger partial charge in [-0.3, -0.25) is 9.59 Å². The van der Waals surface area contributed by atoms with E-state index in [0.717, 1.165) is 6.07 Å². The number of rotatable bonds is 2. The Morgan fingerprint density at radius 2 is 2.00 bits per heavy atom. The van der Waals surface area contributed by atoms with Gasteiger partial charge in [-0.25, -0.2) is 4.39 Å². The molecule has 108 valence electrons. The molecule has 1 aliphatic heterocycles. The second-order valence-electron chi connectivity index (χ2n) is 4.99. The molecular formula is C14H18FN3O2. The number of piperidine rings is 1. The van der Waals surface area contributed by atoms with Crippen molar-refractivity contribution in [1.82, 2.24) is 10.2 Å². The number of benzene rings is 1. The van der Waals surface area contributed by atoms with Gasteiger partial charge in [-0.1, -0.05) is 0 Å². The fraction of sp³-hybridized carbons (Fsp3) is 0.429. The molecule has 0 radical (unpaired) electrons. The normalized spacial score (nSPS) is 16.0. The van der Waals surface area contributed by atoms with Gasteiger partial charge in [0.15, 0.2) is 0 Å². The summed E-state index contributed by atoms with van der Waals surface area (Å²) in [6, 6.07) is 3.72. The van der Waals surface area contributed by atoms with Crippen LogP contribution in [-0.4, -0.2) is 35.8 Å². The van der Waals surface area contributed by atoms with Gasteiger partial charge in [-0.2, -0.15) is 0 Å². The van der Waals surface area contributed by atoms with Crippen molar-refractivity contribution in [2.45, 2.75) is 25.8 Å². The predicted octanol–water partition coefficient (Wildman–Crippen LogP) is 1.15. The number of hydrogen-bond donors (Lipinski definition) is 2. The summed E-state index contributed by atoms with van der Waals surface area (Å²) in [4.78, 5) is 25.0. The number of halogens is 1. The Hall–Kier alpha value is -2.11. The molecule has 1 aromatic rings. The van der Waals surface area contributed by atoms with E-state index in [1.165, 1.54) is 19.1 Å². The number of anilines is 1. The highest BCUT2D eigenvalue weighted by Crippen LogP contribution is 2.15. The SMILES string of the molecule is CC(=O)N1CCC(NC(=O)c2cc(F)ccc2N)CC1. The van der Waals surface area contributed by atoms with E-state index in [9.17, 15) is 14.0 Å². The van der Waals surface area contributed by atoms with Gasteiger partial charge in [0.2, 0.25) is 5.91 Å². The van der Waals surface area contributed by atoms with Crippen LogP contribution in [0.1, 0.15) is 30.1 Å². The van der Waals surface area contributed by atoms with E-state index in [4.69, 9.17) is 5.73 Å². The number of carbonyl (C=O) groups excluding carboxylic acids is 2. The van der Waals surface area contributed by atoms with E-state index in [0.29, 0.717) is 25.9 Å². The zero-order valence-electron chi connectivity index (χ0n) is 11.4. The van der Waals surface area contributed by atoms with Crippen LogP contribution in [0, 0.1) is 5.82 Å². The number of likely N-dealkylation sites (tertiary alicyclic amines) is 1. The lowest BCUT2D eigenvalue weighted by Crippen LogP contribution is -2.46. The first-order valence-corrected chi connectivity index (χ1v) is 6.59. The Bertz CT molecular complexity index is 525. The minimum Gasteiger partial charge on any atom is -0.398 e. The Labute approximate surface area is 116 Å². The Balaban J connectivity index is 1.96. The van der Waals surface area contributed by atoms with Crippen molar-refractivity contribution in [2.24, 2.45) is 0 Å². The third kappa shape index (κ3) is 3.26. The third-order valence-corrected chi connectivity index (χ3v) is 3.54. The number of nitrogens with one attached hydrogen (secondary N) is 1. The molecule has 5 nitrogen and oxygen atoms in total. The van der Waals surface area contributed by atoms with E-state index in [1.54, 1.807) is 4.90 Å². The molecule has 1 aliphatic rings. The Morgan fingerprint density at radius 1 is 1.35 bits per heavy atom. The van der Waals surface area contributed by atoms with E-state index in [1.807, 2.05) is 0 Å². The van der Waals surface area contributed by atoms with Crippen LogP contribution in [0.5, 0.6) is 0 Å². The zero-order chi connectivity index (χ0) is 14.7. The number of hydrogen-bond acceptors (Lipinski definition) is 3. The second-order valence-corrected chi connectivity index (χ2v) is 4.99. The summed E-state index contributed by atoms with van der Waals surface area (Å²) in [6.07, 6.45) is 1.39. The molecule has 0 saturated carbocycles. The van der Waals surface area contributed by atoms with Crippen molar-refractivity contribution >= 4 is 17.5 Å². The van der Waals surface area contributed by atoms with E-state index < -0.39 is 5.82 Å². The smallest absolute Gasteiger partial charge is 0.253 e. The number of carbonyl (C=O) groups is 2.